The van der Waals surface area contributed by atoms with E-state index in [0.29, 0.717) is 12.0 Å². The van der Waals surface area contributed by atoms with E-state index in [2.05, 4.69) is 17.6 Å². The molecule has 2 rings (SSSR count). The molecular weight excluding hydrogens is 240 g/mol. The zero-order chi connectivity index (χ0) is 13.3. The smallest absolute Gasteiger partial charge is 0.0623 e. The lowest BCUT2D eigenvalue weighted by Crippen LogP contribution is -2.40. The normalized spacial score (nSPS) is 27.0. The molecule has 0 aromatic rings. The standard InChI is InChI=1S/C15H30N2O2/c1-2-6-17-15-12-19-11-14(15)9-16-7-3-8-18-10-13-4-5-13/h13-17H,2-12H2,1H3. The molecule has 2 unspecified atom stereocenters. The Balaban J connectivity index is 1.42. The van der Waals surface area contributed by atoms with Crippen LogP contribution in [0, 0.1) is 11.8 Å². The summed E-state index contributed by atoms with van der Waals surface area (Å²) < 4.78 is 11.2. The van der Waals surface area contributed by atoms with Crippen LogP contribution < -0.4 is 10.6 Å². The van der Waals surface area contributed by atoms with E-state index in [4.69, 9.17) is 9.47 Å². The van der Waals surface area contributed by atoms with E-state index in [9.17, 15) is 0 Å². The molecule has 2 atom stereocenters. The fourth-order valence-electron chi connectivity index (χ4n) is 2.48. The average molecular weight is 270 g/mol. The third-order valence-electron chi connectivity index (χ3n) is 3.95. The van der Waals surface area contributed by atoms with Gasteiger partial charge in [0.2, 0.25) is 0 Å². The van der Waals surface area contributed by atoms with Crippen molar-refractivity contribution in [2.24, 2.45) is 11.8 Å². The maximum atomic E-state index is 5.63. The van der Waals surface area contributed by atoms with Crippen LogP contribution in [-0.4, -0.2) is 52.1 Å². The summed E-state index contributed by atoms with van der Waals surface area (Å²) >= 11 is 0. The summed E-state index contributed by atoms with van der Waals surface area (Å²) in [5.74, 6) is 1.51. The van der Waals surface area contributed by atoms with Crippen molar-refractivity contribution in [2.75, 3.05) is 46.1 Å². The Morgan fingerprint density at radius 2 is 2.11 bits per heavy atom. The van der Waals surface area contributed by atoms with E-state index in [1.54, 1.807) is 0 Å². The van der Waals surface area contributed by atoms with Gasteiger partial charge in [0.1, 0.15) is 0 Å². The van der Waals surface area contributed by atoms with Gasteiger partial charge in [0.05, 0.1) is 13.2 Å². The molecule has 0 spiro atoms. The van der Waals surface area contributed by atoms with Crippen molar-refractivity contribution in [1.29, 1.82) is 0 Å². The van der Waals surface area contributed by atoms with E-state index in [-0.39, 0.29) is 0 Å². The highest BCUT2D eigenvalue weighted by molar-refractivity contribution is 4.82. The maximum Gasteiger partial charge on any atom is 0.0623 e. The minimum absolute atomic E-state index is 0.540. The summed E-state index contributed by atoms with van der Waals surface area (Å²) in [6, 6.07) is 0.540. The van der Waals surface area contributed by atoms with Gasteiger partial charge in [0, 0.05) is 31.7 Å². The van der Waals surface area contributed by atoms with E-state index < -0.39 is 0 Å². The minimum Gasteiger partial charge on any atom is -0.381 e. The number of rotatable bonds is 11. The number of hydrogen-bond donors (Lipinski definition) is 2. The molecule has 112 valence electrons. The van der Waals surface area contributed by atoms with Gasteiger partial charge in [-0.15, -0.1) is 0 Å². The molecule has 19 heavy (non-hydrogen) atoms. The van der Waals surface area contributed by atoms with Crippen LogP contribution in [0.15, 0.2) is 0 Å². The van der Waals surface area contributed by atoms with Crippen molar-refractivity contribution in [3.05, 3.63) is 0 Å². The van der Waals surface area contributed by atoms with Gasteiger partial charge in [-0.05, 0) is 44.7 Å². The molecular formula is C15H30N2O2. The first kappa shape index (κ1) is 15.2. The lowest BCUT2D eigenvalue weighted by molar-refractivity contribution is 0.121. The van der Waals surface area contributed by atoms with Crippen molar-refractivity contribution in [3.8, 4) is 0 Å². The predicted molar refractivity (Wildman–Crippen MR) is 77.4 cm³/mol. The number of nitrogens with one attached hydrogen (secondary N) is 2. The molecule has 1 aliphatic heterocycles. The third kappa shape index (κ3) is 6.21. The first-order chi connectivity index (χ1) is 9.40. The van der Waals surface area contributed by atoms with Crippen molar-refractivity contribution in [2.45, 2.75) is 38.6 Å². The zero-order valence-corrected chi connectivity index (χ0v) is 12.3. The van der Waals surface area contributed by atoms with Crippen LogP contribution in [0.2, 0.25) is 0 Å². The summed E-state index contributed by atoms with van der Waals surface area (Å²) in [4.78, 5) is 0. The first-order valence-electron chi connectivity index (χ1n) is 7.99. The highest BCUT2D eigenvalue weighted by Gasteiger charge is 2.26. The Bertz CT molecular complexity index is 234. The highest BCUT2D eigenvalue weighted by atomic mass is 16.5. The van der Waals surface area contributed by atoms with Crippen molar-refractivity contribution in [3.63, 3.8) is 0 Å². The van der Waals surface area contributed by atoms with Crippen molar-refractivity contribution >= 4 is 0 Å². The van der Waals surface area contributed by atoms with Crippen LogP contribution in [0.25, 0.3) is 0 Å². The Labute approximate surface area is 117 Å². The molecule has 0 aromatic heterocycles. The Hall–Kier alpha value is -0.160. The lowest BCUT2D eigenvalue weighted by atomic mass is 10.0. The second-order valence-electron chi connectivity index (χ2n) is 5.93. The van der Waals surface area contributed by atoms with Crippen LogP contribution in [0.4, 0.5) is 0 Å². The highest BCUT2D eigenvalue weighted by Crippen LogP contribution is 2.28. The van der Waals surface area contributed by atoms with Crippen LogP contribution in [0.5, 0.6) is 0 Å². The second kappa shape index (κ2) is 8.90. The zero-order valence-electron chi connectivity index (χ0n) is 12.3. The molecule has 4 nitrogen and oxygen atoms in total. The Kier molecular flexibility index (Phi) is 7.14. The topological polar surface area (TPSA) is 42.5 Å². The second-order valence-corrected chi connectivity index (χ2v) is 5.93. The quantitative estimate of drug-likeness (QED) is 0.557. The fourth-order valence-corrected chi connectivity index (χ4v) is 2.48. The van der Waals surface area contributed by atoms with Crippen LogP contribution >= 0.6 is 0 Å². The van der Waals surface area contributed by atoms with Gasteiger partial charge in [-0.25, -0.2) is 0 Å². The summed E-state index contributed by atoms with van der Waals surface area (Å²) in [5.41, 5.74) is 0. The molecule has 1 saturated carbocycles. The first-order valence-corrected chi connectivity index (χ1v) is 7.99. The molecule has 0 radical (unpaired) electrons. The monoisotopic (exact) mass is 270 g/mol. The molecule has 2 fully saturated rings. The molecule has 0 bridgehead atoms. The lowest BCUT2D eigenvalue weighted by Gasteiger charge is -2.19. The van der Waals surface area contributed by atoms with E-state index >= 15 is 0 Å². The summed E-state index contributed by atoms with van der Waals surface area (Å²) in [6.45, 7) is 9.08. The average Bonchev–Trinajstić information content (AvgIpc) is 3.14. The van der Waals surface area contributed by atoms with E-state index in [1.807, 2.05) is 0 Å². The summed E-state index contributed by atoms with van der Waals surface area (Å²) in [5, 5.41) is 7.11. The minimum atomic E-state index is 0.540. The molecule has 0 amide bonds. The third-order valence-corrected chi connectivity index (χ3v) is 3.95. The van der Waals surface area contributed by atoms with E-state index in [1.165, 1.54) is 19.3 Å². The summed E-state index contributed by atoms with van der Waals surface area (Å²) in [6.07, 6.45) is 5.07. The Morgan fingerprint density at radius 3 is 2.89 bits per heavy atom. The largest absolute Gasteiger partial charge is 0.381 e. The molecule has 2 N–H and O–H groups in total. The van der Waals surface area contributed by atoms with Gasteiger partial charge in [-0.2, -0.15) is 0 Å². The van der Waals surface area contributed by atoms with Gasteiger partial charge in [0.25, 0.3) is 0 Å². The molecule has 0 aromatic carbocycles. The molecule has 1 saturated heterocycles. The maximum absolute atomic E-state index is 5.63. The molecule has 4 heteroatoms. The summed E-state index contributed by atoms with van der Waals surface area (Å²) in [7, 11) is 0. The van der Waals surface area contributed by atoms with Gasteiger partial charge in [-0.3, -0.25) is 0 Å². The fraction of sp³-hybridized carbons (Fsp3) is 1.00. The van der Waals surface area contributed by atoms with Crippen molar-refractivity contribution in [1.82, 2.24) is 10.6 Å². The number of hydrogen-bond acceptors (Lipinski definition) is 4. The van der Waals surface area contributed by atoms with Gasteiger partial charge in [0.15, 0.2) is 0 Å². The van der Waals surface area contributed by atoms with Crippen LogP contribution in [0.1, 0.15) is 32.6 Å². The van der Waals surface area contributed by atoms with Crippen LogP contribution in [-0.2, 0) is 9.47 Å². The predicted octanol–water partition coefficient (Wildman–Crippen LogP) is 1.41. The Morgan fingerprint density at radius 1 is 1.21 bits per heavy atom. The molecule has 1 aliphatic carbocycles. The van der Waals surface area contributed by atoms with Gasteiger partial charge in [-0.1, -0.05) is 6.92 Å². The number of ether oxygens (including phenoxy) is 2. The van der Waals surface area contributed by atoms with Gasteiger partial charge < -0.3 is 20.1 Å². The SMILES string of the molecule is CCCNC1COCC1CNCCCOCC1CC1. The van der Waals surface area contributed by atoms with E-state index in [0.717, 1.165) is 58.4 Å². The van der Waals surface area contributed by atoms with Crippen molar-refractivity contribution < 1.29 is 9.47 Å². The van der Waals surface area contributed by atoms with Gasteiger partial charge >= 0.3 is 0 Å². The van der Waals surface area contributed by atoms with Crippen LogP contribution in [0.3, 0.4) is 0 Å². The molecule has 2 aliphatic rings. The molecule has 1 heterocycles.